The van der Waals surface area contributed by atoms with Gasteiger partial charge in [-0.1, -0.05) is 18.2 Å². The van der Waals surface area contributed by atoms with Crippen molar-refractivity contribution >= 4 is 45.6 Å². The topological polar surface area (TPSA) is 87.0 Å². The van der Waals surface area contributed by atoms with Crippen LogP contribution >= 0.6 is 12.2 Å². The average Bonchev–Trinajstić information content (AvgIpc) is 3.69. The maximum Gasteiger partial charge on any atom is 0.341 e. The summed E-state index contributed by atoms with van der Waals surface area (Å²) >= 11 is 5.64. The predicted octanol–water partition coefficient (Wildman–Crippen LogP) is 4.09. The Bertz CT molecular complexity index is 1410. The van der Waals surface area contributed by atoms with Gasteiger partial charge in [0.1, 0.15) is 11.3 Å². The van der Waals surface area contributed by atoms with E-state index in [1.165, 1.54) is 13.3 Å². The number of aromatic nitrogens is 1. The molecule has 1 aliphatic heterocycles. The van der Waals surface area contributed by atoms with Crippen LogP contribution in [0.15, 0.2) is 47.4 Å². The monoisotopic (exact) mass is 510 g/mol. The SMILES string of the molecule is COc1c(N2CCN(C(=S)Nc3ccccc3)[C@@H](C)C2)c(F)cc2c(=O)c(C(=O)O)cn(C3CC3)c12. The second-order valence-electron chi connectivity index (χ2n) is 9.24. The molecule has 2 N–H and O–H groups in total. The summed E-state index contributed by atoms with van der Waals surface area (Å²) in [5, 5.41) is 13.4. The molecular formula is C26H27FN4O4S. The highest BCUT2D eigenvalue weighted by Gasteiger charge is 2.33. The van der Waals surface area contributed by atoms with E-state index in [0.29, 0.717) is 30.3 Å². The van der Waals surface area contributed by atoms with Crippen LogP contribution < -0.4 is 20.4 Å². The molecule has 36 heavy (non-hydrogen) atoms. The van der Waals surface area contributed by atoms with Crippen molar-refractivity contribution in [2.24, 2.45) is 0 Å². The van der Waals surface area contributed by atoms with Crippen LogP contribution in [0.4, 0.5) is 15.8 Å². The molecule has 0 radical (unpaired) electrons. The number of carboxylic acids is 1. The Morgan fingerprint density at radius 2 is 1.94 bits per heavy atom. The summed E-state index contributed by atoms with van der Waals surface area (Å²) in [5.41, 5.74) is 0.523. The Morgan fingerprint density at radius 3 is 2.56 bits per heavy atom. The second kappa shape index (κ2) is 9.42. The fraction of sp³-hybridized carbons (Fsp3) is 0.346. The van der Waals surface area contributed by atoms with E-state index in [1.54, 1.807) is 4.57 Å². The van der Waals surface area contributed by atoms with Crippen LogP contribution in [0.2, 0.25) is 0 Å². The number of hydrogen-bond donors (Lipinski definition) is 2. The maximum absolute atomic E-state index is 15.6. The summed E-state index contributed by atoms with van der Waals surface area (Å²) in [6, 6.07) is 10.9. The van der Waals surface area contributed by atoms with Crippen molar-refractivity contribution in [3.8, 4) is 5.75 Å². The molecule has 1 saturated carbocycles. The summed E-state index contributed by atoms with van der Waals surface area (Å²) < 4.78 is 23.1. The number of piperazine rings is 1. The van der Waals surface area contributed by atoms with E-state index >= 15 is 4.39 Å². The van der Waals surface area contributed by atoms with Gasteiger partial charge >= 0.3 is 5.97 Å². The van der Waals surface area contributed by atoms with Gasteiger partial charge in [0.25, 0.3) is 0 Å². The third kappa shape index (κ3) is 4.26. The normalized spacial score (nSPS) is 17.8. The minimum atomic E-state index is -1.33. The molecule has 188 valence electrons. The number of carbonyl (C=O) groups is 1. The molecule has 10 heteroatoms. The van der Waals surface area contributed by atoms with Gasteiger partial charge in [-0.2, -0.15) is 0 Å². The Hall–Kier alpha value is -3.66. The summed E-state index contributed by atoms with van der Waals surface area (Å²) in [4.78, 5) is 28.6. The average molecular weight is 511 g/mol. The molecule has 2 aromatic carbocycles. The molecule has 1 aromatic heterocycles. The minimum absolute atomic E-state index is 0.0137. The van der Waals surface area contributed by atoms with Crippen LogP contribution in [0.3, 0.4) is 0 Å². The number of methoxy groups -OCH3 is 1. The highest BCUT2D eigenvalue weighted by atomic mass is 32.1. The number of ether oxygens (including phenoxy) is 1. The Kier molecular flexibility index (Phi) is 6.29. The fourth-order valence-electron chi connectivity index (χ4n) is 4.90. The van der Waals surface area contributed by atoms with Gasteiger partial charge in [0.15, 0.2) is 16.7 Å². The predicted molar refractivity (Wildman–Crippen MR) is 141 cm³/mol. The molecule has 2 heterocycles. The van der Waals surface area contributed by atoms with E-state index in [9.17, 15) is 14.7 Å². The lowest BCUT2D eigenvalue weighted by molar-refractivity contribution is 0.0694. The standard InChI is InChI=1S/C26H27FN4O4S/c1-15-13-29(10-11-30(15)26(36)28-16-6-4-3-5-7-16)22-20(27)12-18-21(24(22)35-2)31(17-8-9-17)14-19(23(18)32)25(33)34/h3-7,12,14-15,17H,8-11,13H2,1-2H3,(H,28,36)(H,33,34)/t15-/m0/s1. The number of halogens is 1. The number of anilines is 2. The number of aromatic carboxylic acids is 1. The van der Waals surface area contributed by atoms with Crippen molar-refractivity contribution in [3.05, 3.63) is 64.2 Å². The first-order chi connectivity index (χ1) is 17.3. The van der Waals surface area contributed by atoms with E-state index in [-0.39, 0.29) is 34.5 Å². The molecule has 1 atom stereocenters. The Balaban J connectivity index is 1.50. The van der Waals surface area contributed by atoms with Crippen LogP contribution in [-0.4, -0.2) is 58.4 Å². The lowest BCUT2D eigenvalue weighted by Crippen LogP contribution is -2.55. The molecular weight excluding hydrogens is 483 g/mol. The third-order valence-corrected chi connectivity index (χ3v) is 7.14. The number of rotatable bonds is 5. The van der Waals surface area contributed by atoms with E-state index in [1.807, 2.05) is 42.2 Å². The van der Waals surface area contributed by atoms with Crippen molar-refractivity contribution in [1.82, 2.24) is 9.47 Å². The number of fused-ring (bicyclic) bond motifs is 1. The molecule has 1 saturated heterocycles. The van der Waals surface area contributed by atoms with Crippen LogP contribution in [0.1, 0.15) is 36.2 Å². The molecule has 0 bridgehead atoms. The van der Waals surface area contributed by atoms with Gasteiger partial charge in [-0.25, -0.2) is 9.18 Å². The largest absolute Gasteiger partial charge is 0.492 e. The zero-order chi connectivity index (χ0) is 25.6. The van der Waals surface area contributed by atoms with E-state index < -0.39 is 17.2 Å². The minimum Gasteiger partial charge on any atom is -0.492 e. The smallest absolute Gasteiger partial charge is 0.341 e. The number of carboxylic acid groups (broad SMARTS) is 1. The Morgan fingerprint density at radius 1 is 1.22 bits per heavy atom. The maximum atomic E-state index is 15.6. The molecule has 5 rings (SSSR count). The van der Waals surface area contributed by atoms with E-state index in [0.717, 1.165) is 24.6 Å². The first-order valence-corrected chi connectivity index (χ1v) is 12.3. The van der Waals surface area contributed by atoms with Crippen molar-refractivity contribution in [3.63, 3.8) is 0 Å². The number of nitrogens with zero attached hydrogens (tertiary/aromatic N) is 3. The molecule has 2 fully saturated rings. The lowest BCUT2D eigenvalue weighted by atomic mass is 10.1. The highest BCUT2D eigenvalue weighted by Crippen LogP contribution is 2.44. The number of nitrogens with one attached hydrogen (secondary N) is 1. The van der Waals surface area contributed by atoms with Gasteiger partial charge in [0.05, 0.1) is 18.0 Å². The summed E-state index contributed by atoms with van der Waals surface area (Å²) in [6.45, 7) is 3.56. The number of pyridine rings is 1. The third-order valence-electron chi connectivity index (χ3n) is 6.80. The van der Waals surface area contributed by atoms with Crippen LogP contribution in [0, 0.1) is 5.82 Å². The molecule has 3 aromatic rings. The van der Waals surface area contributed by atoms with Gasteiger partial charge in [0, 0.05) is 43.6 Å². The highest BCUT2D eigenvalue weighted by molar-refractivity contribution is 7.80. The zero-order valence-corrected chi connectivity index (χ0v) is 20.8. The first kappa shape index (κ1) is 24.1. The molecule has 2 aliphatic rings. The zero-order valence-electron chi connectivity index (χ0n) is 20.0. The quantitative estimate of drug-likeness (QED) is 0.497. The molecule has 8 nitrogen and oxygen atoms in total. The van der Waals surface area contributed by atoms with Crippen LogP contribution in [-0.2, 0) is 0 Å². The second-order valence-corrected chi connectivity index (χ2v) is 9.62. The molecule has 0 amide bonds. The van der Waals surface area contributed by atoms with Crippen molar-refractivity contribution < 1.29 is 19.0 Å². The van der Waals surface area contributed by atoms with Gasteiger partial charge in [-0.15, -0.1) is 0 Å². The van der Waals surface area contributed by atoms with Crippen LogP contribution in [0.25, 0.3) is 10.9 Å². The molecule has 0 spiro atoms. The number of para-hydroxylation sites is 1. The molecule has 0 unspecified atom stereocenters. The summed E-state index contributed by atoms with van der Waals surface area (Å²) in [7, 11) is 1.45. The van der Waals surface area contributed by atoms with Crippen LogP contribution in [0.5, 0.6) is 5.75 Å². The summed E-state index contributed by atoms with van der Waals surface area (Å²) in [5.74, 6) is -1.70. The van der Waals surface area contributed by atoms with Crippen molar-refractivity contribution in [2.45, 2.75) is 31.8 Å². The Labute approximate surface area is 212 Å². The summed E-state index contributed by atoms with van der Waals surface area (Å²) in [6.07, 6.45) is 3.08. The van der Waals surface area contributed by atoms with Gasteiger partial charge in [-0.05, 0) is 50.2 Å². The number of thiocarbonyl (C=S) groups is 1. The first-order valence-electron chi connectivity index (χ1n) is 11.9. The van der Waals surface area contributed by atoms with Gasteiger partial charge in [-0.3, -0.25) is 4.79 Å². The molecule has 1 aliphatic carbocycles. The van der Waals surface area contributed by atoms with E-state index in [4.69, 9.17) is 17.0 Å². The van der Waals surface area contributed by atoms with Crippen molar-refractivity contribution in [1.29, 1.82) is 0 Å². The van der Waals surface area contributed by atoms with Gasteiger partial charge in [0.2, 0.25) is 5.43 Å². The number of benzene rings is 2. The van der Waals surface area contributed by atoms with Crippen molar-refractivity contribution in [2.75, 3.05) is 37.0 Å². The van der Waals surface area contributed by atoms with Gasteiger partial charge < -0.3 is 29.5 Å². The number of hydrogen-bond acceptors (Lipinski definition) is 5. The lowest BCUT2D eigenvalue weighted by Gasteiger charge is -2.42. The fourth-order valence-corrected chi connectivity index (χ4v) is 5.29. The van der Waals surface area contributed by atoms with E-state index in [2.05, 4.69) is 10.2 Å².